The average molecular weight is 314 g/mol. The molecule has 1 aromatic carbocycles. The minimum absolute atomic E-state index is 0.242. The lowest BCUT2D eigenvalue weighted by molar-refractivity contribution is -0.127. The molecule has 3 nitrogen and oxygen atoms in total. The summed E-state index contributed by atoms with van der Waals surface area (Å²) in [5.74, 6) is 2.07. The molecule has 1 aliphatic heterocycles. The standard InChI is InChI=1S/C20H30N2O/c1-15-10-16(2)13-22(12-15)14-19-7-4-3-6-18(19)11-21-20(23)17-8-5-9-17/h3-4,6-7,15-17H,5,8-14H2,1-2H3,(H,21,23)/t15-,16-/m0/s1. The van der Waals surface area contributed by atoms with Gasteiger partial charge in [0.2, 0.25) is 5.91 Å². The Morgan fingerprint density at radius 1 is 1.13 bits per heavy atom. The molecular formula is C20H30N2O. The van der Waals surface area contributed by atoms with Gasteiger partial charge < -0.3 is 5.32 Å². The van der Waals surface area contributed by atoms with Crippen LogP contribution < -0.4 is 5.32 Å². The Morgan fingerprint density at radius 2 is 1.78 bits per heavy atom. The van der Waals surface area contributed by atoms with E-state index in [0.29, 0.717) is 6.54 Å². The Balaban J connectivity index is 1.59. The Bertz CT molecular complexity index is 528. The molecule has 2 atom stereocenters. The van der Waals surface area contributed by atoms with Crippen LogP contribution in [0.3, 0.4) is 0 Å². The van der Waals surface area contributed by atoms with Crippen molar-refractivity contribution >= 4 is 5.91 Å². The topological polar surface area (TPSA) is 32.3 Å². The number of carbonyl (C=O) groups excluding carboxylic acids is 1. The number of hydrogen-bond donors (Lipinski definition) is 1. The summed E-state index contributed by atoms with van der Waals surface area (Å²) in [7, 11) is 0. The summed E-state index contributed by atoms with van der Waals surface area (Å²) in [5, 5.41) is 3.14. The van der Waals surface area contributed by atoms with Gasteiger partial charge in [0, 0.05) is 32.1 Å². The molecule has 126 valence electrons. The summed E-state index contributed by atoms with van der Waals surface area (Å²) in [5.41, 5.74) is 2.63. The molecule has 1 N–H and O–H groups in total. The summed E-state index contributed by atoms with van der Waals surface area (Å²) in [6.07, 6.45) is 4.68. The molecule has 1 aliphatic carbocycles. The molecule has 3 rings (SSSR count). The first-order valence-electron chi connectivity index (χ1n) is 9.18. The highest BCUT2D eigenvalue weighted by molar-refractivity contribution is 5.79. The van der Waals surface area contributed by atoms with Crippen molar-refractivity contribution < 1.29 is 4.79 Å². The lowest BCUT2D eigenvalue weighted by atomic mass is 9.85. The van der Waals surface area contributed by atoms with Crippen molar-refractivity contribution in [2.24, 2.45) is 17.8 Å². The van der Waals surface area contributed by atoms with E-state index >= 15 is 0 Å². The first-order chi connectivity index (χ1) is 11.1. The predicted molar refractivity (Wildman–Crippen MR) is 93.9 cm³/mol. The van der Waals surface area contributed by atoms with E-state index in [9.17, 15) is 4.79 Å². The van der Waals surface area contributed by atoms with E-state index in [1.807, 2.05) is 0 Å². The van der Waals surface area contributed by atoms with Gasteiger partial charge in [0.05, 0.1) is 0 Å². The summed E-state index contributed by atoms with van der Waals surface area (Å²) < 4.78 is 0. The molecular weight excluding hydrogens is 284 g/mol. The van der Waals surface area contributed by atoms with Gasteiger partial charge in [0.15, 0.2) is 0 Å². The van der Waals surface area contributed by atoms with E-state index in [2.05, 4.69) is 48.3 Å². The van der Waals surface area contributed by atoms with E-state index < -0.39 is 0 Å². The van der Waals surface area contributed by atoms with Gasteiger partial charge in [-0.2, -0.15) is 0 Å². The zero-order chi connectivity index (χ0) is 16.2. The minimum atomic E-state index is 0.242. The first-order valence-corrected chi connectivity index (χ1v) is 9.18. The third kappa shape index (κ3) is 4.35. The second-order valence-electron chi connectivity index (χ2n) is 7.75. The fourth-order valence-electron chi connectivity index (χ4n) is 4.04. The van der Waals surface area contributed by atoms with Gasteiger partial charge >= 0.3 is 0 Å². The van der Waals surface area contributed by atoms with Crippen LogP contribution in [0.5, 0.6) is 0 Å². The number of carbonyl (C=O) groups is 1. The minimum Gasteiger partial charge on any atom is -0.352 e. The Kier molecular flexibility index (Phi) is 5.37. The molecule has 1 saturated carbocycles. The highest BCUT2D eigenvalue weighted by Crippen LogP contribution is 2.26. The molecule has 0 spiro atoms. The summed E-state index contributed by atoms with van der Waals surface area (Å²) >= 11 is 0. The van der Waals surface area contributed by atoms with Gasteiger partial charge in [-0.25, -0.2) is 0 Å². The average Bonchev–Trinajstić information content (AvgIpc) is 2.43. The van der Waals surface area contributed by atoms with Crippen molar-refractivity contribution in [1.82, 2.24) is 10.2 Å². The van der Waals surface area contributed by atoms with Crippen LogP contribution >= 0.6 is 0 Å². The van der Waals surface area contributed by atoms with Crippen LogP contribution in [0.1, 0.15) is 50.7 Å². The molecule has 0 aromatic heterocycles. The van der Waals surface area contributed by atoms with E-state index in [-0.39, 0.29) is 11.8 Å². The first kappa shape index (κ1) is 16.5. The SMILES string of the molecule is C[C@H]1C[C@H](C)CN(Cc2ccccc2CNC(=O)C2CCC2)C1. The molecule has 1 aromatic rings. The lowest BCUT2D eigenvalue weighted by Crippen LogP contribution is -2.38. The smallest absolute Gasteiger partial charge is 0.223 e. The number of nitrogens with one attached hydrogen (secondary N) is 1. The van der Waals surface area contributed by atoms with Crippen LogP contribution in [0.15, 0.2) is 24.3 Å². The second-order valence-corrected chi connectivity index (χ2v) is 7.75. The fraction of sp³-hybridized carbons (Fsp3) is 0.650. The number of hydrogen-bond acceptors (Lipinski definition) is 2. The van der Waals surface area contributed by atoms with Crippen LogP contribution in [-0.2, 0) is 17.9 Å². The third-order valence-corrected chi connectivity index (χ3v) is 5.39. The fourth-order valence-corrected chi connectivity index (χ4v) is 4.04. The van der Waals surface area contributed by atoms with Crippen LogP contribution in [0, 0.1) is 17.8 Å². The summed E-state index contributed by atoms with van der Waals surface area (Å²) in [6.45, 7) is 8.76. The Hall–Kier alpha value is -1.35. The third-order valence-electron chi connectivity index (χ3n) is 5.39. The van der Waals surface area contributed by atoms with Gasteiger partial charge in [-0.1, -0.05) is 44.5 Å². The second kappa shape index (κ2) is 7.48. The number of benzene rings is 1. The number of amides is 1. The molecule has 23 heavy (non-hydrogen) atoms. The van der Waals surface area contributed by atoms with E-state index in [1.165, 1.54) is 37.1 Å². The Morgan fingerprint density at radius 3 is 2.39 bits per heavy atom. The van der Waals surface area contributed by atoms with Gasteiger partial charge in [-0.05, 0) is 42.2 Å². The van der Waals surface area contributed by atoms with Crippen LogP contribution in [0.4, 0.5) is 0 Å². The van der Waals surface area contributed by atoms with E-state index in [1.54, 1.807) is 0 Å². The molecule has 1 saturated heterocycles. The predicted octanol–water partition coefficient (Wildman–Crippen LogP) is 3.58. The maximum Gasteiger partial charge on any atom is 0.223 e. The highest BCUT2D eigenvalue weighted by Gasteiger charge is 2.25. The normalized spacial score (nSPS) is 25.8. The maximum atomic E-state index is 12.1. The molecule has 0 radical (unpaired) electrons. The number of likely N-dealkylation sites (tertiary alicyclic amines) is 1. The van der Waals surface area contributed by atoms with Crippen molar-refractivity contribution in [3.63, 3.8) is 0 Å². The lowest BCUT2D eigenvalue weighted by Gasteiger charge is -2.35. The highest BCUT2D eigenvalue weighted by atomic mass is 16.1. The quantitative estimate of drug-likeness (QED) is 0.901. The zero-order valence-corrected chi connectivity index (χ0v) is 14.6. The molecule has 2 fully saturated rings. The molecule has 0 unspecified atom stereocenters. The van der Waals surface area contributed by atoms with E-state index in [4.69, 9.17) is 0 Å². The van der Waals surface area contributed by atoms with Gasteiger partial charge in [-0.3, -0.25) is 9.69 Å². The summed E-state index contributed by atoms with van der Waals surface area (Å²) in [6, 6.07) is 8.57. The van der Waals surface area contributed by atoms with Crippen molar-refractivity contribution in [3.8, 4) is 0 Å². The van der Waals surface area contributed by atoms with Crippen LogP contribution in [0.2, 0.25) is 0 Å². The van der Waals surface area contributed by atoms with Crippen molar-refractivity contribution in [2.45, 2.75) is 52.6 Å². The molecule has 0 bridgehead atoms. The monoisotopic (exact) mass is 314 g/mol. The van der Waals surface area contributed by atoms with Gasteiger partial charge in [0.25, 0.3) is 0 Å². The molecule has 2 aliphatic rings. The Labute approximate surface area is 140 Å². The largest absolute Gasteiger partial charge is 0.352 e. The zero-order valence-electron chi connectivity index (χ0n) is 14.6. The van der Waals surface area contributed by atoms with Gasteiger partial charge in [0.1, 0.15) is 0 Å². The van der Waals surface area contributed by atoms with Gasteiger partial charge in [-0.15, -0.1) is 0 Å². The molecule has 1 heterocycles. The van der Waals surface area contributed by atoms with Crippen molar-refractivity contribution in [2.75, 3.05) is 13.1 Å². The van der Waals surface area contributed by atoms with Crippen LogP contribution in [-0.4, -0.2) is 23.9 Å². The van der Waals surface area contributed by atoms with Crippen LogP contribution in [0.25, 0.3) is 0 Å². The molecule has 3 heteroatoms. The maximum absolute atomic E-state index is 12.1. The number of rotatable bonds is 5. The summed E-state index contributed by atoms with van der Waals surface area (Å²) in [4.78, 5) is 14.6. The van der Waals surface area contributed by atoms with E-state index in [0.717, 1.165) is 31.2 Å². The number of piperidine rings is 1. The number of nitrogens with zero attached hydrogens (tertiary/aromatic N) is 1. The van der Waals surface area contributed by atoms with Crippen molar-refractivity contribution in [1.29, 1.82) is 0 Å². The van der Waals surface area contributed by atoms with Crippen molar-refractivity contribution in [3.05, 3.63) is 35.4 Å². The molecule has 1 amide bonds.